The third-order valence-corrected chi connectivity index (χ3v) is 4.08. The van der Waals surface area contributed by atoms with Crippen LogP contribution in [-0.4, -0.2) is 11.5 Å². The van der Waals surface area contributed by atoms with Gasteiger partial charge in [-0.1, -0.05) is 23.7 Å². The molecule has 0 fully saturated rings. The number of carbonyl (C=O) groups is 1. The summed E-state index contributed by atoms with van der Waals surface area (Å²) in [6.45, 7) is 4.06. The van der Waals surface area contributed by atoms with Gasteiger partial charge in [-0.2, -0.15) is 5.26 Å². The molecular formula is C20H17ClN2O2. The number of nitriles is 1. The molecule has 126 valence electrons. The van der Waals surface area contributed by atoms with Gasteiger partial charge in [-0.15, -0.1) is 0 Å². The van der Waals surface area contributed by atoms with Crippen LogP contribution < -0.4 is 10.1 Å². The molecule has 3 rings (SSSR count). The molecule has 0 saturated heterocycles. The molecule has 1 aliphatic rings. The summed E-state index contributed by atoms with van der Waals surface area (Å²) >= 11 is 5.91. The Kier molecular flexibility index (Phi) is 4.52. The number of nitrogens with one attached hydrogen (secondary N) is 1. The highest BCUT2D eigenvalue weighted by atomic mass is 35.5. The van der Waals surface area contributed by atoms with E-state index in [9.17, 15) is 10.1 Å². The van der Waals surface area contributed by atoms with E-state index in [1.807, 2.05) is 38.1 Å². The molecule has 0 radical (unpaired) electrons. The van der Waals surface area contributed by atoms with Gasteiger partial charge in [-0.3, -0.25) is 4.79 Å². The van der Waals surface area contributed by atoms with Crippen molar-refractivity contribution < 1.29 is 9.53 Å². The van der Waals surface area contributed by atoms with Gasteiger partial charge in [-0.05, 0) is 61.4 Å². The van der Waals surface area contributed by atoms with Crippen molar-refractivity contribution in [2.75, 3.05) is 5.32 Å². The first-order chi connectivity index (χ1) is 11.9. The first-order valence-corrected chi connectivity index (χ1v) is 8.25. The van der Waals surface area contributed by atoms with Crippen LogP contribution in [0, 0.1) is 11.3 Å². The minimum Gasteiger partial charge on any atom is -0.487 e. The number of benzene rings is 2. The average molecular weight is 353 g/mol. The van der Waals surface area contributed by atoms with Crippen molar-refractivity contribution in [2.24, 2.45) is 0 Å². The summed E-state index contributed by atoms with van der Waals surface area (Å²) in [6, 6.07) is 14.4. The lowest BCUT2D eigenvalue weighted by Gasteiger charge is -2.16. The number of nitrogens with zero attached hydrogens (tertiary/aromatic N) is 1. The number of ether oxygens (including phenoxy) is 1. The van der Waals surface area contributed by atoms with Crippen molar-refractivity contribution >= 4 is 29.3 Å². The highest BCUT2D eigenvalue weighted by Gasteiger charge is 2.29. The van der Waals surface area contributed by atoms with E-state index in [-0.39, 0.29) is 11.2 Å². The van der Waals surface area contributed by atoms with Crippen LogP contribution in [0.15, 0.2) is 48.0 Å². The number of fused-ring (bicyclic) bond motifs is 1. The topological polar surface area (TPSA) is 62.1 Å². The van der Waals surface area contributed by atoms with Gasteiger partial charge in [0, 0.05) is 17.1 Å². The maximum Gasteiger partial charge on any atom is 0.266 e. The van der Waals surface area contributed by atoms with E-state index in [1.165, 1.54) is 0 Å². The van der Waals surface area contributed by atoms with Crippen LogP contribution in [0.1, 0.15) is 25.0 Å². The van der Waals surface area contributed by atoms with E-state index in [0.29, 0.717) is 10.7 Å². The highest BCUT2D eigenvalue weighted by Crippen LogP contribution is 2.35. The second-order valence-corrected chi connectivity index (χ2v) is 6.98. The number of hydrogen-bond acceptors (Lipinski definition) is 3. The third-order valence-electron chi connectivity index (χ3n) is 3.85. The van der Waals surface area contributed by atoms with Crippen molar-refractivity contribution in [1.29, 1.82) is 5.26 Å². The van der Waals surface area contributed by atoms with Crippen LogP contribution in [0.25, 0.3) is 6.08 Å². The molecule has 0 bridgehead atoms. The Bertz CT molecular complexity index is 910. The van der Waals surface area contributed by atoms with Gasteiger partial charge in [0.25, 0.3) is 5.91 Å². The lowest BCUT2D eigenvalue weighted by atomic mass is 9.99. The van der Waals surface area contributed by atoms with E-state index in [1.54, 1.807) is 30.3 Å². The maximum absolute atomic E-state index is 12.3. The number of hydrogen-bond donors (Lipinski definition) is 1. The molecule has 4 nitrogen and oxygen atoms in total. The molecular weight excluding hydrogens is 336 g/mol. The summed E-state index contributed by atoms with van der Waals surface area (Å²) in [5, 5.41) is 12.5. The monoisotopic (exact) mass is 352 g/mol. The number of anilines is 1. The third kappa shape index (κ3) is 4.01. The average Bonchev–Trinajstić information content (AvgIpc) is 2.85. The maximum atomic E-state index is 12.3. The molecule has 0 aliphatic carbocycles. The van der Waals surface area contributed by atoms with Crippen molar-refractivity contribution in [1.82, 2.24) is 0 Å². The summed E-state index contributed by atoms with van der Waals surface area (Å²) < 4.78 is 5.84. The van der Waals surface area contributed by atoms with Gasteiger partial charge < -0.3 is 10.1 Å². The van der Waals surface area contributed by atoms with Crippen LogP contribution in [0.3, 0.4) is 0 Å². The molecule has 0 atom stereocenters. The molecule has 0 unspecified atom stereocenters. The number of amides is 1. The molecule has 2 aromatic rings. The van der Waals surface area contributed by atoms with Gasteiger partial charge in [-0.25, -0.2) is 0 Å². The normalized spacial score (nSPS) is 15.0. The largest absolute Gasteiger partial charge is 0.487 e. The van der Waals surface area contributed by atoms with E-state index < -0.39 is 5.91 Å². The number of carbonyl (C=O) groups excluding carboxylic acids is 1. The fourth-order valence-electron chi connectivity index (χ4n) is 2.80. The van der Waals surface area contributed by atoms with E-state index in [0.717, 1.165) is 23.3 Å². The van der Waals surface area contributed by atoms with E-state index in [2.05, 4.69) is 5.32 Å². The van der Waals surface area contributed by atoms with Crippen molar-refractivity contribution in [2.45, 2.75) is 25.9 Å². The van der Waals surface area contributed by atoms with Gasteiger partial charge >= 0.3 is 0 Å². The fraction of sp³-hybridized carbons (Fsp3) is 0.200. The summed E-state index contributed by atoms with van der Waals surface area (Å²) in [6.07, 6.45) is 2.37. The first kappa shape index (κ1) is 17.1. The Labute approximate surface area is 151 Å². The van der Waals surface area contributed by atoms with Crippen molar-refractivity contribution in [3.63, 3.8) is 0 Å². The van der Waals surface area contributed by atoms with E-state index in [4.69, 9.17) is 16.3 Å². The molecule has 1 aliphatic heterocycles. The zero-order valence-electron chi connectivity index (χ0n) is 14.0. The number of halogens is 1. The van der Waals surface area contributed by atoms with Crippen LogP contribution in [0.2, 0.25) is 5.02 Å². The predicted octanol–water partition coefficient (Wildman–Crippen LogP) is 4.60. The predicted molar refractivity (Wildman–Crippen MR) is 98.5 cm³/mol. The first-order valence-electron chi connectivity index (χ1n) is 7.87. The molecule has 0 spiro atoms. The van der Waals surface area contributed by atoms with Crippen molar-refractivity contribution in [3.8, 4) is 11.8 Å². The molecule has 5 heteroatoms. The SMILES string of the molecule is CC1(C)Cc2cc(/C=C(/C#N)C(=O)Nc3cccc(Cl)c3)ccc2O1. The van der Waals surface area contributed by atoms with E-state index >= 15 is 0 Å². The molecule has 2 aromatic carbocycles. The standard InChI is InChI=1S/C20H17ClN2O2/c1-20(2)11-14-8-13(6-7-18(14)25-20)9-15(12-22)19(24)23-17-5-3-4-16(21)10-17/h3-10H,11H2,1-2H3,(H,23,24)/b15-9-. The Hall–Kier alpha value is -2.77. The minimum atomic E-state index is -0.471. The quantitative estimate of drug-likeness (QED) is 0.648. The van der Waals surface area contributed by atoms with Crippen LogP contribution in [-0.2, 0) is 11.2 Å². The number of rotatable bonds is 3. The fourth-order valence-corrected chi connectivity index (χ4v) is 2.99. The summed E-state index contributed by atoms with van der Waals surface area (Å²) in [5.74, 6) is 0.380. The van der Waals surface area contributed by atoms with Crippen molar-refractivity contribution in [3.05, 3.63) is 64.2 Å². The smallest absolute Gasteiger partial charge is 0.266 e. The van der Waals surface area contributed by atoms with Gasteiger partial charge in [0.1, 0.15) is 23.0 Å². The molecule has 1 heterocycles. The zero-order valence-corrected chi connectivity index (χ0v) is 14.7. The zero-order chi connectivity index (χ0) is 18.0. The van der Waals surface area contributed by atoms with Gasteiger partial charge in [0.05, 0.1) is 0 Å². The molecule has 1 amide bonds. The lowest BCUT2D eigenvalue weighted by Crippen LogP contribution is -2.24. The molecule has 0 saturated carbocycles. The minimum absolute atomic E-state index is 0.0260. The summed E-state index contributed by atoms with van der Waals surface area (Å²) in [7, 11) is 0. The highest BCUT2D eigenvalue weighted by molar-refractivity contribution is 6.31. The molecule has 1 N–H and O–H groups in total. The summed E-state index contributed by atoms with van der Waals surface area (Å²) in [4.78, 5) is 12.3. The Morgan fingerprint density at radius 3 is 2.84 bits per heavy atom. The molecule has 0 aromatic heterocycles. The second-order valence-electron chi connectivity index (χ2n) is 6.54. The Morgan fingerprint density at radius 2 is 2.12 bits per heavy atom. The Morgan fingerprint density at radius 1 is 1.32 bits per heavy atom. The van der Waals surface area contributed by atoms with Crippen LogP contribution in [0.5, 0.6) is 5.75 Å². The molecule has 25 heavy (non-hydrogen) atoms. The van der Waals surface area contributed by atoms with Gasteiger partial charge in [0.2, 0.25) is 0 Å². The van der Waals surface area contributed by atoms with Gasteiger partial charge in [0.15, 0.2) is 0 Å². The van der Waals surface area contributed by atoms with Crippen LogP contribution >= 0.6 is 11.6 Å². The second kappa shape index (κ2) is 6.62. The lowest BCUT2D eigenvalue weighted by molar-refractivity contribution is -0.112. The van der Waals surface area contributed by atoms with Crippen LogP contribution in [0.4, 0.5) is 5.69 Å². The Balaban J connectivity index is 1.82. The summed E-state index contributed by atoms with van der Waals surface area (Å²) in [5.41, 5.74) is 2.21.